The molecule has 2 aliphatic carbocycles. The molecule has 3 aliphatic rings. The largest absolute Gasteiger partial charge is 0.374 e. The zero-order valence-electron chi connectivity index (χ0n) is 16.7. The van der Waals surface area contributed by atoms with Crippen molar-refractivity contribution in [1.82, 2.24) is 9.80 Å². The minimum atomic E-state index is -0.0942. The number of amides is 2. The predicted molar refractivity (Wildman–Crippen MR) is 107 cm³/mol. The smallest absolute Gasteiger partial charge is 0.242 e. The number of hydrogen-bond donors (Lipinski definition) is 0. The van der Waals surface area contributed by atoms with Crippen molar-refractivity contribution in [2.24, 2.45) is 11.8 Å². The molecule has 152 valence electrons. The van der Waals surface area contributed by atoms with Crippen LogP contribution in [0, 0.1) is 11.8 Å². The van der Waals surface area contributed by atoms with Gasteiger partial charge in [0.1, 0.15) is 0 Å². The molecule has 5 heteroatoms. The van der Waals surface area contributed by atoms with Crippen molar-refractivity contribution in [3.05, 3.63) is 35.9 Å². The number of hydrogen-bond acceptors (Lipinski definition) is 3. The molecular weight excluding hydrogens is 352 g/mol. The van der Waals surface area contributed by atoms with E-state index in [0.29, 0.717) is 37.9 Å². The Bertz CT molecular complexity index is 668. The molecular formula is C23H32N2O3. The maximum absolute atomic E-state index is 12.9. The van der Waals surface area contributed by atoms with E-state index in [1.54, 1.807) is 4.90 Å². The van der Waals surface area contributed by atoms with Crippen LogP contribution in [0.1, 0.15) is 50.5 Å². The van der Waals surface area contributed by atoms with Gasteiger partial charge in [-0.3, -0.25) is 9.59 Å². The summed E-state index contributed by atoms with van der Waals surface area (Å²) in [5, 5.41) is 0. The first-order valence-corrected chi connectivity index (χ1v) is 10.9. The van der Waals surface area contributed by atoms with Crippen LogP contribution < -0.4 is 0 Å². The van der Waals surface area contributed by atoms with Crippen molar-refractivity contribution < 1.29 is 14.3 Å². The second kappa shape index (κ2) is 9.08. The first-order valence-electron chi connectivity index (χ1n) is 10.9. The van der Waals surface area contributed by atoms with Crippen LogP contribution in [0.5, 0.6) is 0 Å². The maximum Gasteiger partial charge on any atom is 0.242 e. The van der Waals surface area contributed by atoms with E-state index in [1.165, 1.54) is 25.7 Å². The Labute approximate surface area is 168 Å². The van der Waals surface area contributed by atoms with Crippen molar-refractivity contribution >= 4 is 11.8 Å². The Kier molecular flexibility index (Phi) is 6.30. The Balaban J connectivity index is 1.42. The average Bonchev–Trinajstić information content (AvgIpc) is 3.42. The average molecular weight is 385 g/mol. The molecule has 1 unspecified atom stereocenters. The van der Waals surface area contributed by atoms with Gasteiger partial charge >= 0.3 is 0 Å². The lowest BCUT2D eigenvalue weighted by molar-refractivity contribution is -0.139. The van der Waals surface area contributed by atoms with Gasteiger partial charge in [0, 0.05) is 32.7 Å². The van der Waals surface area contributed by atoms with E-state index in [9.17, 15) is 9.59 Å². The minimum Gasteiger partial charge on any atom is -0.374 e. The van der Waals surface area contributed by atoms with Crippen molar-refractivity contribution in [2.75, 3.05) is 26.2 Å². The Morgan fingerprint density at radius 3 is 2.46 bits per heavy atom. The number of ether oxygens (including phenoxy) is 1. The normalized spacial score (nSPS) is 23.9. The standard InChI is InChI=1S/C23H32N2O3/c26-22(12-18-6-4-5-7-18)25-15-21(28-17-20-10-11-20)14-24(23(27)16-25)13-19-8-2-1-3-9-19/h1-3,8-9,18,20-21H,4-7,10-17H2. The van der Waals surface area contributed by atoms with Crippen LogP contribution in [0.4, 0.5) is 0 Å². The Morgan fingerprint density at radius 1 is 1.00 bits per heavy atom. The lowest BCUT2D eigenvalue weighted by Crippen LogP contribution is -2.40. The maximum atomic E-state index is 12.9. The van der Waals surface area contributed by atoms with Gasteiger partial charge in [-0.15, -0.1) is 0 Å². The molecule has 1 heterocycles. The quantitative estimate of drug-likeness (QED) is 0.725. The summed E-state index contributed by atoms with van der Waals surface area (Å²) in [5.74, 6) is 1.32. The molecule has 0 radical (unpaired) electrons. The van der Waals surface area contributed by atoms with Gasteiger partial charge < -0.3 is 14.5 Å². The van der Waals surface area contributed by atoms with E-state index < -0.39 is 0 Å². The van der Waals surface area contributed by atoms with Crippen molar-refractivity contribution in [1.29, 1.82) is 0 Å². The summed E-state index contributed by atoms with van der Waals surface area (Å²) in [7, 11) is 0. The van der Waals surface area contributed by atoms with Crippen molar-refractivity contribution in [3.8, 4) is 0 Å². The summed E-state index contributed by atoms with van der Waals surface area (Å²) < 4.78 is 6.17. The highest BCUT2D eigenvalue weighted by Gasteiger charge is 2.33. The van der Waals surface area contributed by atoms with Gasteiger partial charge in [-0.2, -0.15) is 0 Å². The molecule has 0 bridgehead atoms. The van der Waals surface area contributed by atoms with Crippen LogP contribution in [-0.4, -0.2) is 54.0 Å². The summed E-state index contributed by atoms with van der Waals surface area (Å²) in [5.41, 5.74) is 1.11. The summed E-state index contributed by atoms with van der Waals surface area (Å²) in [4.78, 5) is 29.5. The highest BCUT2D eigenvalue weighted by atomic mass is 16.5. The number of rotatable bonds is 7. The fraction of sp³-hybridized carbons (Fsp3) is 0.652. The first kappa shape index (κ1) is 19.4. The molecule has 1 aliphatic heterocycles. The van der Waals surface area contributed by atoms with Crippen LogP contribution in [0.25, 0.3) is 0 Å². The topological polar surface area (TPSA) is 49.9 Å². The summed E-state index contributed by atoms with van der Waals surface area (Å²) >= 11 is 0. The number of nitrogens with zero attached hydrogens (tertiary/aromatic N) is 2. The van der Waals surface area contributed by atoms with Crippen LogP contribution in [-0.2, 0) is 20.9 Å². The fourth-order valence-corrected chi connectivity index (χ4v) is 4.38. The molecule has 0 spiro atoms. The molecule has 5 nitrogen and oxygen atoms in total. The molecule has 2 saturated carbocycles. The SMILES string of the molecule is O=C(CC1CCCC1)N1CC(=O)N(Cc2ccccc2)CC(OCC2CC2)C1. The highest BCUT2D eigenvalue weighted by Crippen LogP contribution is 2.30. The van der Waals surface area contributed by atoms with E-state index >= 15 is 0 Å². The van der Waals surface area contributed by atoms with Gasteiger partial charge in [0.15, 0.2) is 0 Å². The van der Waals surface area contributed by atoms with Gasteiger partial charge in [-0.05, 0) is 43.1 Å². The monoisotopic (exact) mass is 384 g/mol. The molecule has 1 atom stereocenters. The summed E-state index contributed by atoms with van der Waals surface area (Å²) in [6, 6.07) is 10.1. The Hall–Kier alpha value is -1.88. The second-order valence-electron chi connectivity index (χ2n) is 8.79. The van der Waals surface area contributed by atoms with Gasteiger partial charge in [0.2, 0.25) is 11.8 Å². The fourth-order valence-electron chi connectivity index (χ4n) is 4.38. The van der Waals surface area contributed by atoms with E-state index in [2.05, 4.69) is 0 Å². The number of benzene rings is 1. The molecule has 1 aromatic rings. The van der Waals surface area contributed by atoms with Crippen molar-refractivity contribution in [3.63, 3.8) is 0 Å². The molecule has 4 rings (SSSR count). The summed E-state index contributed by atoms with van der Waals surface area (Å²) in [6.07, 6.45) is 7.73. The molecule has 28 heavy (non-hydrogen) atoms. The predicted octanol–water partition coefficient (Wildman–Crippen LogP) is 3.23. The van der Waals surface area contributed by atoms with Crippen LogP contribution in [0.2, 0.25) is 0 Å². The second-order valence-corrected chi connectivity index (χ2v) is 8.79. The van der Waals surface area contributed by atoms with E-state index in [1.807, 2.05) is 35.2 Å². The van der Waals surface area contributed by atoms with E-state index in [0.717, 1.165) is 25.0 Å². The lowest BCUT2D eigenvalue weighted by atomic mass is 10.0. The molecule has 0 N–H and O–H groups in total. The molecule has 0 aromatic heterocycles. The summed E-state index contributed by atoms with van der Waals surface area (Å²) in [6.45, 7) is 2.61. The first-order chi connectivity index (χ1) is 13.7. The molecule has 3 fully saturated rings. The third-order valence-corrected chi connectivity index (χ3v) is 6.30. The number of carbonyl (C=O) groups is 2. The van der Waals surface area contributed by atoms with Crippen LogP contribution in [0.3, 0.4) is 0 Å². The molecule has 1 saturated heterocycles. The van der Waals surface area contributed by atoms with E-state index in [4.69, 9.17) is 4.74 Å². The minimum absolute atomic E-state index is 0.0288. The highest BCUT2D eigenvalue weighted by molar-refractivity contribution is 5.85. The van der Waals surface area contributed by atoms with Crippen LogP contribution >= 0.6 is 0 Å². The number of carbonyl (C=O) groups excluding carboxylic acids is 2. The zero-order valence-corrected chi connectivity index (χ0v) is 16.7. The third kappa shape index (κ3) is 5.34. The van der Waals surface area contributed by atoms with Gasteiger partial charge in [-0.25, -0.2) is 0 Å². The molecule has 1 aromatic carbocycles. The van der Waals surface area contributed by atoms with E-state index in [-0.39, 0.29) is 24.5 Å². The Morgan fingerprint density at radius 2 is 1.75 bits per heavy atom. The van der Waals surface area contributed by atoms with Gasteiger partial charge in [-0.1, -0.05) is 43.2 Å². The molecule has 2 amide bonds. The lowest BCUT2D eigenvalue weighted by Gasteiger charge is -2.25. The van der Waals surface area contributed by atoms with Crippen LogP contribution in [0.15, 0.2) is 30.3 Å². The van der Waals surface area contributed by atoms with Crippen molar-refractivity contribution in [2.45, 2.75) is 57.6 Å². The van der Waals surface area contributed by atoms with Gasteiger partial charge in [0.05, 0.1) is 12.6 Å². The zero-order chi connectivity index (χ0) is 19.3. The van der Waals surface area contributed by atoms with Gasteiger partial charge in [0.25, 0.3) is 0 Å². The third-order valence-electron chi connectivity index (χ3n) is 6.30.